The Balaban J connectivity index is 1.49. The number of carbonyl (C=O) groups excluding carboxylic acids is 1. The normalized spacial score (nSPS) is 14.9. The highest BCUT2D eigenvalue weighted by molar-refractivity contribution is 5.78. The number of carbonyl (C=O) groups is 1. The molecule has 1 saturated carbocycles. The van der Waals surface area contributed by atoms with E-state index in [9.17, 15) is 4.79 Å². The van der Waals surface area contributed by atoms with Gasteiger partial charge in [-0.2, -0.15) is 0 Å². The zero-order chi connectivity index (χ0) is 19.5. The van der Waals surface area contributed by atoms with Gasteiger partial charge in [-0.25, -0.2) is 4.98 Å². The molecule has 28 heavy (non-hydrogen) atoms. The van der Waals surface area contributed by atoms with Crippen molar-refractivity contribution in [3.63, 3.8) is 0 Å². The smallest absolute Gasteiger partial charge is 0.260 e. The molecule has 1 aliphatic carbocycles. The Labute approximate surface area is 164 Å². The van der Waals surface area contributed by atoms with Gasteiger partial charge in [-0.15, -0.1) is 0 Å². The third kappa shape index (κ3) is 3.81. The summed E-state index contributed by atoms with van der Waals surface area (Å²) in [5, 5.41) is 0. The molecule has 0 spiro atoms. The third-order valence-corrected chi connectivity index (χ3v) is 5.52. The molecule has 0 saturated heterocycles. The molecule has 0 bridgehead atoms. The maximum absolute atomic E-state index is 12.6. The second-order valence-electron chi connectivity index (χ2n) is 7.44. The Kier molecular flexibility index (Phi) is 5.19. The number of likely N-dealkylation sites (N-methyl/N-ethyl adjacent to an activating group) is 1. The van der Waals surface area contributed by atoms with Crippen LogP contribution in [0, 0.1) is 0 Å². The van der Waals surface area contributed by atoms with Crippen molar-refractivity contribution < 1.29 is 9.53 Å². The number of fused-ring (bicyclic) bond motifs is 1. The number of hydrogen-bond acceptors (Lipinski definition) is 4. The van der Waals surface area contributed by atoms with Crippen LogP contribution in [0.3, 0.4) is 0 Å². The summed E-state index contributed by atoms with van der Waals surface area (Å²) in [6.07, 6.45) is 9.71. The number of pyridine rings is 1. The van der Waals surface area contributed by atoms with Gasteiger partial charge in [0.05, 0.1) is 5.69 Å². The first-order valence-electron chi connectivity index (χ1n) is 9.84. The predicted molar refractivity (Wildman–Crippen MR) is 110 cm³/mol. The standard InChI is InChI=1S/C22H26N4O2/c1-25(18-6-3-2-4-7-18)21(27)15-28-20-8-5-13-26-14-19(24-22(20)26)16-9-11-17(23)12-10-16/h5,8-14,18H,2-4,6-7,15,23H2,1H3. The van der Waals surface area contributed by atoms with Gasteiger partial charge in [0.25, 0.3) is 5.91 Å². The number of anilines is 1. The van der Waals surface area contributed by atoms with Gasteiger partial charge in [0.2, 0.25) is 0 Å². The summed E-state index contributed by atoms with van der Waals surface area (Å²) >= 11 is 0. The Morgan fingerprint density at radius 1 is 1.21 bits per heavy atom. The van der Waals surface area contributed by atoms with E-state index in [0.29, 0.717) is 17.4 Å². The fourth-order valence-electron chi connectivity index (χ4n) is 3.81. The average Bonchev–Trinajstić information content (AvgIpc) is 3.17. The molecule has 0 aliphatic heterocycles. The van der Waals surface area contributed by atoms with E-state index in [1.54, 1.807) is 0 Å². The molecule has 146 valence electrons. The molecule has 1 aliphatic rings. The van der Waals surface area contributed by atoms with Gasteiger partial charge in [-0.3, -0.25) is 4.79 Å². The van der Waals surface area contributed by atoms with Crippen molar-refractivity contribution >= 4 is 17.2 Å². The summed E-state index contributed by atoms with van der Waals surface area (Å²) in [6.45, 7) is 0.0245. The van der Waals surface area contributed by atoms with Crippen molar-refractivity contribution in [2.24, 2.45) is 0 Å². The quantitative estimate of drug-likeness (QED) is 0.686. The number of hydrogen-bond donors (Lipinski definition) is 1. The van der Waals surface area contributed by atoms with Gasteiger partial charge in [0, 0.05) is 36.7 Å². The van der Waals surface area contributed by atoms with Crippen LogP contribution in [0.15, 0.2) is 48.8 Å². The van der Waals surface area contributed by atoms with Crippen LogP contribution < -0.4 is 10.5 Å². The van der Waals surface area contributed by atoms with E-state index in [1.807, 2.05) is 65.1 Å². The lowest BCUT2D eigenvalue weighted by Gasteiger charge is -2.31. The maximum atomic E-state index is 12.6. The van der Waals surface area contributed by atoms with Crippen LogP contribution in [0.1, 0.15) is 32.1 Å². The molecule has 1 amide bonds. The summed E-state index contributed by atoms with van der Waals surface area (Å²) in [6, 6.07) is 11.7. The van der Waals surface area contributed by atoms with Crippen molar-refractivity contribution in [3.8, 4) is 17.0 Å². The van der Waals surface area contributed by atoms with E-state index in [4.69, 9.17) is 15.5 Å². The van der Waals surface area contributed by atoms with E-state index < -0.39 is 0 Å². The van der Waals surface area contributed by atoms with Crippen molar-refractivity contribution in [1.29, 1.82) is 0 Å². The number of ether oxygens (including phenoxy) is 1. The van der Waals surface area contributed by atoms with Crippen molar-refractivity contribution in [2.45, 2.75) is 38.1 Å². The average molecular weight is 378 g/mol. The van der Waals surface area contributed by atoms with E-state index in [-0.39, 0.29) is 12.5 Å². The Bertz CT molecular complexity index is 958. The zero-order valence-corrected chi connectivity index (χ0v) is 16.2. The highest BCUT2D eigenvalue weighted by atomic mass is 16.5. The molecule has 2 heterocycles. The lowest BCUT2D eigenvalue weighted by molar-refractivity contribution is -0.134. The number of imidazole rings is 1. The molecule has 0 radical (unpaired) electrons. The monoisotopic (exact) mass is 378 g/mol. The first-order chi connectivity index (χ1) is 13.6. The highest BCUT2D eigenvalue weighted by Crippen LogP contribution is 2.26. The van der Waals surface area contributed by atoms with Crippen LogP contribution in [0.25, 0.3) is 16.9 Å². The molecular weight excluding hydrogens is 352 g/mol. The number of nitrogen functional groups attached to an aromatic ring is 1. The first kappa shape index (κ1) is 18.3. The predicted octanol–water partition coefficient (Wildman–Crippen LogP) is 3.75. The maximum Gasteiger partial charge on any atom is 0.260 e. The third-order valence-electron chi connectivity index (χ3n) is 5.52. The Hall–Kier alpha value is -3.02. The summed E-state index contributed by atoms with van der Waals surface area (Å²) in [5.41, 5.74) is 9.00. The molecule has 6 heteroatoms. The van der Waals surface area contributed by atoms with E-state index in [0.717, 1.165) is 29.8 Å². The highest BCUT2D eigenvalue weighted by Gasteiger charge is 2.22. The molecule has 1 fully saturated rings. The van der Waals surface area contributed by atoms with Crippen LogP contribution in [-0.4, -0.2) is 39.9 Å². The van der Waals surface area contributed by atoms with Crippen LogP contribution >= 0.6 is 0 Å². The Morgan fingerprint density at radius 3 is 2.71 bits per heavy atom. The largest absolute Gasteiger partial charge is 0.480 e. The van der Waals surface area contributed by atoms with E-state index in [1.165, 1.54) is 19.3 Å². The summed E-state index contributed by atoms with van der Waals surface area (Å²) in [5.74, 6) is 0.619. The minimum Gasteiger partial charge on any atom is -0.480 e. The number of benzene rings is 1. The van der Waals surface area contributed by atoms with Gasteiger partial charge < -0.3 is 19.8 Å². The second kappa shape index (κ2) is 7.92. The molecule has 6 nitrogen and oxygen atoms in total. The van der Waals surface area contributed by atoms with Crippen LogP contribution in [0.2, 0.25) is 0 Å². The number of nitrogens with two attached hydrogens (primary N) is 1. The molecule has 4 rings (SSSR count). The fraction of sp³-hybridized carbons (Fsp3) is 0.364. The minimum atomic E-state index is 0.0132. The van der Waals surface area contributed by atoms with Crippen molar-refractivity contribution in [3.05, 3.63) is 48.8 Å². The first-order valence-corrected chi connectivity index (χ1v) is 9.84. The molecule has 2 N–H and O–H groups in total. The van der Waals surface area contributed by atoms with Gasteiger partial charge in [-0.05, 0) is 37.1 Å². The molecule has 0 unspecified atom stereocenters. The van der Waals surface area contributed by atoms with Gasteiger partial charge in [-0.1, -0.05) is 31.4 Å². The lowest BCUT2D eigenvalue weighted by Crippen LogP contribution is -2.40. The molecule has 3 aromatic rings. The van der Waals surface area contributed by atoms with Crippen LogP contribution in [-0.2, 0) is 4.79 Å². The van der Waals surface area contributed by atoms with Crippen molar-refractivity contribution in [1.82, 2.24) is 14.3 Å². The second-order valence-corrected chi connectivity index (χ2v) is 7.44. The molecular formula is C22H26N4O2. The van der Waals surface area contributed by atoms with Crippen LogP contribution in [0.4, 0.5) is 5.69 Å². The van der Waals surface area contributed by atoms with Crippen LogP contribution in [0.5, 0.6) is 5.75 Å². The minimum absolute atomic E-state index is 0.0132. The number of aromatic nitrogens is 2. The van der Waals surface area contributed by atoms with Gasteiger partial charge in [0.1, 0.15) is 0 Å². The van der Waals surface area contributed by atoms with Crippen molar-refractivity contribution in [2.75, 3.05) is 19.4 Å². The molecule has 0 atom stereocenters. The topological polar surface area (TPSA) is 72.9 Å². The number of amides is 1. The summed E-state index contributed by atoms with van der Waals surface area (Å²) in [4.78, 5) is 19.1. The van der Waals surface area contributed by atoms with E-state index in [2.05, 4.69) is 0 Å². The Morgan fingerprint density at radius 2 is 1.96 bits per heavy atom. The van der Waals surface area contributed by atoms with Gasteiger partial charge >= 0.3 is 0 Å². The zero-order valence-electron chi connectivity index (χ0n) is 16.2. The molecule has 2 aromatic heterocycles. The summed E-state index contributed by atoms with van der Waals surface area (Å²) < 4.78 is 7.78. The summed E-state index contributed by atoms with van der Waals surface area (Å²) in [7, 11) is 1.89. The number of nitrogens with zero attached hydrogens (tertiary/aromatic N) is 3. The lowest BCUT2D eigenvalue weighted by atomic mass is 9.94. The fourth-order valence-corrected chi connectivity index (χ4v) is 3.81. The van der Waals surface area contributed by atoms with Gasteiger partial charge in [0.15, 0.2) is 18.0 Å². The SMILES string of the molecule is CN(C(=O)COc1cccn2cc(-c3ccc(N)cc3)nc12)C1CCCCC1. The number of rotatable bonds is 5. The molecule has 1 aromatic carbocycles. The van der Waals surface area contributed by atoms with E-state index >= 15 is 0 Å².